The Bertz CT molecular complexity index is 1120. The van der Waals surface area contributed by atoms with Crippen LogP contribution in [0, 0.1) is 0 Å². The highest BCUT2D eigenvalue weighted by molar-refractivity contribution is 7.98. The van der Waals surface area contributed by atoms with Gasteiger partial charge in [0, 0.05) is 15.8 Å². The number of halogens is 1. The predicted octanol–water partition coefficient (Wildman–Crippen LogP) is 6.30. The molecule has 4 aromatic rings. The zero-order chi connectivity index (χ0) is 18.6. The first kappa shape index (κ1) is 19.9. The van der Waals surface area contributed by atoms with Crippen LogP contribution in [-0.2, 0) is 0 Å². The quantitative estimate of drug-likeness (QED) is 0.404. The SMILES string of the molecule is CSc1ccccc1NC(=O)c1cc(-c2ccccc2)nc2ccccc12.Cl. The van der Waals surface area contributed by atoms with Crippen molar-refractivity contribution in [3.63, 3.8) is 0 Å². The number of nitrogens with one attached hydrogen (secondary N) is 1. The number of rotatable bonds is 4. The summed E-state index contributed by atoms with van der Waals surface area (Å²) in [7, 11) is 0. The molecule has 28 heavy (non-hydrogen) atoms. The van der Waals surface area contributed by atoms with Crippen LogP contribution < -0.4 is 5.32 Å². The number of carbonyl (C=O) groups excluding carboxylic acids is 1. The van der Waals surface area contributed by atoms with E-state index in [1.165, 1.54) is 0 Å². The predicted molar refractivity (Wildman–Crippen MR) is 121 cm³/mol. The lowest BCUT2D eigenvalue weighted by atomic mass is 10.0. The van der Waals surface area contributed by atoms with E-state index in [1.807, 2.05) is 91.2 Å². The molecule has 1 amide bonds. The van der Waals surface area contributed by atoms with Crippen LogP contribution in [0.4, 0.5) is 5.69 Å². The summed E-state index contributed by atoms with van der Waals surface area (Å²) in [6, 6.07) is 27.4. The minimum absolute atomic E-state index is 0. The first-order valence-electron chi connectivity index (χ1n) is 8.66. The summed E-state index contributed by atoms with van der Waals surface area (Å²) in [4.78, 5) is 18.9. The molecule has 140 valence electrons. The first-order valence-corrected chi connectivity index (χ1v) is 9.88. The van der Waals surface area contributed by atoms with Gasteiger partial charge in [0.2, 0.25) is 0 Å². The number of benzene rings is 3. The highest BCUT2D eigenvalue weighted by Gasteiger charge is 2.15. The molecule has 3 aromatic carbocycles. The summed E-state index contributed by atoms with van der Waals surface area (Å²) in [5.41, 5.74) is 4.02. The Morgan fingerprint density at radius 1 is 0.893 bits per heavy atom. The molecule has 0 atom stereocenters. The molecule has 1 heterocycles. The Labute approximate surface area is 174 Å². The largest absolute Gasteiger partial charge is 0.321 e. The normalized spacial score (nSPS) is 10.3. The zero-order valence-electron chi connectivity index (χ0n) is 15.3. The van der Waals surface area contributed by atoms with Crippen LogP contribution in [0.1, 0.15) is 10.4 Å². The van der Waals surface area contributed by atoms with E-state index >= 15 is 0 Å². The van der Waals surface area contributed by atoms with Gasteiger partial charge in [0.25, 0.3) is 5.91 Å². The Hall–Kier alpha value is -2.82. The lowest BCUT2D eigenvalue weighted by Gasteiger charge is -2.12. The molecular formula is C23H19ClN2OS. The Balaban J connectivity index is 0.00000225. The van der Waals surface area contributed by atoms with Crippen LogP contribution in [0.25, 0.3) is 22.2 Å². The number of pyridine rings is 1. The summed E-state index contributed by atoms with van der Waals surface area (Å²) < 4.78 is 0. The standard InChI is InChI=1S/C23H18N2OS.ClH/c1-27-22-14-8-7-13-20(22)25-23(26)18-15-21(16-9-3-2-4-10-16)24-19-12-6-5-11-17(18)19;/h2-15H,1H3,(H,25,26);1H. The van der Waals surface area contributed by atoms with Crippen molar-refractivity contribution in [2.24, 2.45) is 0 Å². The molecule has 0 aliphatic rings. The van der Waals surface area contributed by atoms with Crippen molar-refractivity contribution in [1.29, 1.82) is 0 Å². The smallest absolute Gasteiger partial charge is 0.256 e. The minimum atomic E-state index is -0.132. The number of amides is 1. The summed E-state index contributed by atoms with van der Waals surface area (Å²) in [6.07, 6.45) is 2.00. The maximum Gasteiger partial charge on any atom is 0.256 e. The summed E-state index contributed by atoms with van der Waals surface area (Å²) in [5.74, 6) is -0.132. The second-order valence-corrected chi connectivity index (χ2v) is 6.94. The van der Waals surface area contributed by atoms with Crippen LogP contribution in [0.3, 0.4) is 0 Å². The monoisotopic (exact) mass is 406 g/mol. The van der Waals surface area contributed by atoms with Gasteiger partial charge in [0.1, 0.15) is 0 Å². The number of carbonyl (C=O) groups is 1. The molecular weight excluding hydrogens is 388 g/mol. The highest BCUT2D eigenvalue weighted by atomic mass is 35.5. The van der Waals surface area contributed by atoms with Gasteiger partial charge < -0.3 is 5.32 Å². The van der Waals surface area contributed by atoms with Crippen molar-refractivity contribution in [3.05, 3.63) is 90.5 Å². The van der Waals surface area contributed by atoms with Crippen LogP contribution in [0.2, 0.25) is 0 Å². The van der Waals surface area contributed by atoms with Crippen LogP contribution >= 0.6 is 24.2 Å². The van der Waals surface area contributed by atoms with Crippen molar-refractivity contribution < 1.29 is 4.79 Å². The molecule has 0 aliphatic heterocycles. The third kappa shape index (κ3) is 4.03. The van der Waals surface area contributed by atoms with Crippen LogP contribution in [-0.4, -0.2) is 17.1 Å². The fourth-order valence-corrected chi connectivity index (χ4v) is 3.61. The van der Waals surface area contributed by atoms with Gasteiger partial charge in [0.15, 0.2) is 0 Å². The molecule has 0 saturated carbocycles. The van der Waals surface area contributed by atoms with E-state index in [-0.39, 0.29) is 18.3 Å². The molecule has 4 rings (SSSR count). The van der Waals surface area contributed by atoms with Gasteiger partial charge >= 0.3 is 0 Å². The van der Waals surface area contributed by atoms with E-state index in [0.29, 0.717) is 5.56 Å². The van der Waals surface area contributed by atoms with Crippen LogP contribution in [0.15, 0.2) is 89.8 Å². The van der Waals surface area contributed by atoms with Crippen molar-refractivity contribution in [1.82, 2.24) is 4.98 Å². The Morgan fingerprint density at radius 2 is 1.57 bits per heavy atom. The maximum atomic E-state index is 13.1. The van der Waals surface area contributed by atoms with Crippen molar-refractivity contribution in [2.75, 3.05) is 11.6 Å². The summed E-state index contributed by atoms with van der Waals surface area (Å²) in [6.45, 7) is 0. The highest BCUT2D eigenvalue weighted by Crippen LogP contribution is 2.28. The molecule has 5 heteroatoms. The minimum Gasteiger partial charge on any atom is -0.321 e. The van der Waals surface area contributed by atoms with E-state index in [1.54, 1.807) is 11.8 Å². The lowest BCUT2D eigenvalue weighted by Crippen LogP contribution is -2.13. The number of thioether (sulfide) groups is 1. The third-order valence-corrected chi connectivity index (χ3v) is 5.18. The number of hydrogen-bond acceptors (Lipinski definition) is 3. The fourth-order valence-electron chi connectivity index (χ4n) is 3.06. The van der Waals surface area contributed by atoms with Crippen molar-refractivity contribution >= 4 is 46.7 Å². The maximum absolute atomic E-state index is 13.1. The van der Waals surface area contributed by atoms with Gasteiger partial charge in [-0.15, -0.1) is 24.2 Å². The average Bonchev–Trinajstić information content (AvgIpc) is 2.74. The van der Waals surface area contributed by atoms with Gasteiger partial charge in [-0.05, 0) is 30.5 Å². The van der Waals surface area contributed by atoms with Gasteiger partial charge in [-0.1, -0.05) is 60.7 Å². The second-order valence-electron chi connectivity index (χ2n) is 6.09. The van der Waals surface area contributed by atoms with E-state index in [2.05, 4.69) is 5.32 Å². The van der Waals surface area contributed by atoms with E-state index in [4.69, 9.17) is 4.98 Å². The Morgan fingerprint density at radius 3 is 2.36 bits per heavy atom. The third-order valence-electron chi connectivity index (χ3n) is 4.39. The van der Waals surface area contributed by atoms with Gasteiger partial charge in [-0.3, -0.25) is 4.79 Å². The molecule has 0 fully saturated rings. The number of nitrogens with zero attached hydrogens (tertiary/aromatic N) is 1. The zero-order valence-corrected chi connectivity index (χ0v) is 16.9. The molecule has 0 saturated heterocycles. The van der Waals surface area contributed by atoms with E-state index < -0.39 is 0 Å². The molecule has 1 aromatic heterocycles. The lowest BCUT2D eigenvalue weighted by molar-refractivity contribution is 0.102. The van der Waals surface area contributed by atoms with Crippen molar-refractivity contribution in [3.8, 4) is 11.3 Å². The number of fused-ring (bicyclic) bond motifs is 1. The number of para-hydroxylation sites is 2. The van der Waals surface area contributed by atoms with E-state index in [0.717, 1.165) is 32.7 Å². The molecule has 0 bridgehead atoms. The average molecular weight is 407 g/mol. The molecule has 0 spiro atoms. The van der Waals surface area contributed by atoms with Crippen LogP contribution in [0.5, 0.6) is 0 Å². The summed E-state index contributed by atoms with van der Waals surface area (Å²) >= 11 is 1.61. The van der Waals surface area contributed by atoms with Crippen molar-refractivity contribution in [2.45, 2.75) is 4.90 Å². The first-order chi connectivity index (χ1) is 13.3. The number of hydrogen-bond donors (Lipinski definition) is 1. The molecule has 0 aliphatic carbocycles. The molecule has 0 unspecified atom stereocenters. The van der Waals surface area contributed by atoms with Gasteiger partial charge in [-0.25, -0.2) is 4.98 Å². The Kier molecular flexibility index (Phi) is 6.34. The number of anilines is 1. The fraction of sp³-hybridized carbons (Fsp3) is 0.0435. The second kappa shape index (κ2) is 8.91. The number of aromatic nitrogens is 1. The van der Waals surface area contributed by atoms with Gasteiger partial charge in [0.05, 0.1) is 22.5 Å². The topological polar surface area (TPSA) is 42.0 Å². The molecule has 1 N–H and O–H groups in total. The summed E-state index contributed by atoms with van der Waals surface area (Å²) in [5, 5.41) is 3.90. The van der Waals surface area contributed by atoms with Gasteiger partial charge in [-0.2, -0.15) is 0 Å². The molecule has 0 radical (unpaired) electrons. The molecule has 3 nitrogen and oxygen atoms in total. The van der Waals surface area contributed by atoms with E-state index in [9.17, 15) is 4.79 Å².